The normalized spacial score (nSPS) is 18.9. The molecule has 0 fully saturated rings. The van der Waals surface area contributed by atoms with Crippen molar-refractivity contribution < 1.29 is 10.2 Å². The molecule has 0 amide bonds. The Morgan fingerprint density at radius 2 is 2.12 bits per heavy atom. The number of anilines is 1. The third-order valence-electron chi connectivity index (χ3n) is 3.09. The molecule has 0 bridgehead atoms. The monoisotopic (exact) mass is 222 g/mol. The number of hydrogen-bond donors (Lipinski definition) is 4. The first-order valence-corrected chi connectivity index (χ1v) is 5.64. The maximum atomic E-state index is 9.45. The van der Waals surface area contributed by atoms with Gasteiger partial charge in [0.05, 0.1) is 0 Å². The number of fused-ring (bicyclic) bond motifs is 1. The standard InChI is InChI=1S/C12H18N2O2/c1-13-3-2-8-4-9-5-11(15)12(16)6-10(9)14-7-8/h5-6,8,13-16H,2-4,7H2,1H3. The van der Waals surface area contributed by atoms with Gasteiger partial charge in [-0.15, -0.1) is 0 Å². The molecule has 1 aliphatic rings. The number of hydrogen-bond acceptors (Lipinski definition) is 4. The molecule has 0 radical (unpaired) electrons. The average Bonchev–Trinajstić information content (AvgIpc) is 2.28. The van der Waals surface area contributed by atoms with Crippen molar-refractivity contribution in [3.8, 4) is 11.5 Å². The number of rotatable bonds is 3. The molecule has 1 aromatic carbocycles. The SMILES string of the molecule is CNCCC1CNc2cc(O)c(O)cc2C1. The van der Waals surface area contributed by atoms with E-state index in [1.165, 1.54) is 0 Å². The van der Waals surface area contributed by atoms with Crippen LogP contribution in [-0.4, -0.2) is 30.4 Å². The van der Waals surface area contributed by atoms with Gasteiger partial charge in [0.15, 0.2) is 11.5 Å². The number of phenolic OH excluding ortho intramolecular Hbond substituents is 2. The van der Waals surface area contributed by atoms with Crippen LogP contribution in [-0.2, 0) is 6.42 Å². The molecule has 2 rings (SSSR count). The fourth-order valence-corrected chi connectivity index (χ4v) is 2.14. The molecule has 16 heavy (non-hydrogen) atoms. The summed E-state index contributed by atoms with van der Waals surface area (Å²) in [5, 5.41) is 25.3. The first-order chi connectivity index (χ1) is 7.70. The Kier molecular flexibility index (Phi) is 3.19. The summed E-state index contributed by atoms with van der Waals surface area (Å²) in [4.78, 5) is 0. The second kappa shape index (κ2) is 4.61. The van der Waals surface area contributed by atoms with E-state index in [9.17, 15) is 10.2 Å². The van der Waals surface area contributed by atoms with E-state index in [-0.39, 0.29) is 11.5 Å². The van der Waals surface area contributed by atoms with Crippen LogP contribution in [0.1, 0.15) is 12.0 Å². The highest BCUT2D eigenvalue weighted by molar-refractivity contribution is 5.61. The molecule has 4 nitrogen and oxygen atoms in total. The third-order valence-corrected chi connectivity index (χ3v) is 3.09. The minimum Gasteiger partial charge on any atom is -0.504 e. The van der Waals surface area contributed by atoms with E-state index in [2.05, 4.69) is 10.6 Å². The van der Waals surface area contributed by atoms with Crippen molar-refractivity contribution in [1.29, 1.82) is 0 Å². The Morgan fingerprint density at radius 1 is 1.38 bits per heavy atom. The van der Waals surface area contributed by atoms with E-state index in [1.807, 2.05) is 7.05 Å². The molecule has 88 valence electrons. The topological polar surface area (TPSA) is 64.5 Å². The van der Waals surface area contributed by atoms with Crippen LogP contribution in [0, 0.1) is 5.92 Å². The average molecular weight is 222 g/mol. The van der Waals surface area contributed by atoms with Crippen molar-refractivity contribution >= 4 is 5.69 Å². The van der Waals surface area contributed by atoms with Gasteiger partial charge in [-0.3, -0.25) is 0 Å². The molecule has 0 saturated carbocycles. The highest BCUT2D eigenvalue weighted by Gasteiger charge is 2.19. The lowest BCUT2D eigenvalue weighted by atomic mass is 9.91. The smallest absolute Gasteiger partial charge is 0.159 e. The summed E-state index contributed by atoms with van der Waals surface area (Å²) in [7, 11) is 1.95. The van der Waals surface area contributed by atoms with Crippen LogP contribution in [0.5, 0.6) is 11.5 Å². The quantitative estimate of drug-likeness (QED) is 0.460. The zero-order chi connectivity index (χ0) is 11.5. The second-order valence-electron chi connectivity index (χ2n) is 4.34. The lowest BCUT2D eigenvalue weighted by molar-refractivity contribution is 0.401. The zero-order valence-electron chi connectivity index (χ0n) is 9.45. The highest BCUT2D eigenvalue weighted by Crippen LogP contribution is 2.35. The Labute approximate surface area is 95.3 Å². The molecule has 1 heterocycles. The minimum atomic E-state index is -0.0556. The predicted octanol–water partition coefficient (Wildman–Crippen LogP) is 1.29. The maximum Gasteiger partial charge on any atom is 0.159 e. The summed E-state index contributed by atoms with van der Waals surface area (Å²) < 4.78 is 0. The fourth-order valence-electron chi connectivity index (χ4n) is 2.14. The van der Waals surface area contributed by atoms with Gasteiger partial charge in [-0.05, 0) is 44.0 Å². The van der Waals surface area contributed by atoms with Crippen LogP contribution in [0.2, 0.25) is 0 Å². The molecular formula is C12H18N2O2. The largest absolute Gasteiger partial charge is 0.504 e. The molecule has 1 aliphatic heterocycles. The number of phenols is 2. The Morgan fingerprint density at radius 3 is 2.88 bits per heavy atom. The van der Waals surface area contributed by atoms with Crippen LogP contribution in [0.4, 0.5) is 5.69 Å². The predicted molar refractivity (Wildman–Crippen MR) is 64.0 cm³/mol. The lowest BCUT2D eigenvalue weighted by Crippen LogP contribution is -2.26. The number of benzene rings is 1. The van der Waals surface area contributed by atoms with Gasteiger partial charge in [0, 0.05) is 18.3 Å². The van der Waals surface area contributed by atoms with Gasteiger partial charge in [-0.25, -0.2) is 0 Å². The van der Waals surface area contributed by atoms with Crippen LogP contribution < -0.4 is 10.6 Å². The van der Waals surface area contributed by atoms with Crippen molar-refractivity contribution in [1.82, 2.24) is 5.32 Å². The highest BCUT2D eigenvalue weighted by atomic mass is 16.3. The van der Waals surface area contributed by atoms with Crippen LogP contribution in [0.3, 0.4) is 0 Å². The molecule has 0 aromatic heterocycles. The van der Waals surface area contributed by atoms with E-state index in [4.69, 9.17) is 0 Å². The Hall–Kier alpha value is -1.42. The zero-order valence-corrected chi connectivity index (χ0v) is 9.45. The summed E-state index contributed by atoms with van der Waals surface area (Å²) in [6, 6.07) is 3.25. The molecule has 4 N–H and O–H groups in total. The Balaban J connectivity index is 2.11. The molecule has 0 aliphatic carbocycles. The molecule has 1 aromatic rings. The van der Waals surface area contributed by atoms with E-state index in [0.29, 0.717) is 5.92 Å². The van der Waals surface area contributed by atoms with Gasteiger partial charge >= 0.3 is 0 Å². The summed E-state index contributed by atoms with van der Waals surface area (Å²) in [6.45, 7) is 1.94. The van der Waals surface area contributed by atoms with Crippen LogP contribution in [0.15, 0.2) is 12.1 Å². The lowest BCUT2D eigenvalue weighted by Gasteiger charge is -2.26. The van der Waals surface area contributed by atoms with E-state index < -0.39 is 0 Å². The summed E-state index contributed by atoms with van der Waals surface area (Å²) >= 11 is 0. The molecular weight excluding hydrogens is 204 g/mol. The van der Waals surface area contributed by atoms with Gasteiger partial charge in [0.25, 0.3) is 0 Å². The van der Waals surface area contributed by atoms with Gasteiger partial charge in [0.1, 0.15) is 0 Å². The summed E-state index contributed by atoms with van der Waals surface area (Å²) in [5.41, 5.74) is 2.03. The minimum absolute atomic E-state index is 0.0326. The molecule has 1 atom stereocenters. The molecule has 4 heteroatoms. The van der Waals surface area contributed by atoms with Crippen LogP contribution >= 0.6 is 0 Å². The number of nitrogens with one attached hydrogen (secondary N) is 2. The fraction of sp³-hybridized carbons (Fsp3) is 0.500. The molecule has 0 saturated heterocycles. The summed E-state index contributed by atoms with van der Waals surface area (Å²) in [6.07, 6.45) is 2.07. The molecule has 1 unspecified atom stereocenters. The van der Waals surface area contributed by atoms with Gasteiger partial charge in [0.2, 0.25) is 0 Å². The first kappa shape index (κ1) is 11.1. The van der Waals surface area contributed by atoms with Gasteiger partial charge < -0.3 is 20.8 Å². The van der Waals surface area contributed by atoms with E-state index in [1.54, 1.807) is 12.1 Å². The van der Waals surface area contributed by atoms with Crippen molar-refractivity contribution in [3.63, 3.8) is 0 Å². The van der Waals surface area contributed by atoms with Gasteiger partial charge in [-0.1, -0.05) is 0 Å². The maximum absolute atomic E-state index is 9.45. The van der Waals surface area contributed by atoms with Crippen molar-refractivity contribution in [2.24, 2.45) is 5.92 Å². The third kappa shape index (κ3) is 2.22. The second-order valence-corrected chi connectivity index (χ2v) is 4.34. The van der Waals surface area contributed by atoms with Crippen molar-refractivity contribution in [2.75, 3.05) is 25.5 Å². The first-order valence-electron chi connectivity index (χ1n) is 5.64. The van der Waals surface area contributed by atoms with Crippen molar-refractivity contribution in [3.05, 3.63) is 17.7 Å². The summed E-state index contributed by atoms with van der Waals surface area (Å²) in [5.74, 6) is 0.499. The Bertz CT molecular complexity index is 380. The van der Waals surface area contributed by atoms with Crippen molar-refractivity contribution in [2.45, 2.75) is 12.8 Å². The van der Waals surface area contributed by atoms with Crippen LogP contribution in [0.25, 0.3) is 0 Å². The van der Waals surface area contributed by atoms with Gasteiger partial charge in [-0.2, -0.15) is 0 Å². The number of aromatic hydroxyl groups is 2. The van der Waals surface area contributed by atoms with E-state index in [0.717, 1.165) is 37.2 Å². The molecule has 0 spiro atoms. The van der Waals surface area contributed by atoms with E-state index >= 15 is 0 Å².